The molecule has 0 amide bonds. The van der Waals surface area contributed by atoms with E-state index in [1.165, 1.54) is 0 Å². The van der Waals surface area contributed by atoms with Crippen LogP contribution in [-0.2, 0) is 4.74 Å². The zero-order valence-electron chi connectivity index (χ0n) is 11.9. The van der Waals surface area contributed by atoms with Crippen molar-refractivity contribution in [3.8, 4) is 0 Å². The fourth-order valence-corrected chi connectivity index (χ4v) is 3.16. The Morgan fingerprint density at radius 3 is 2.90 bits per heavy atom. The number of thiazole rings is 1. The number of aromatic nitrogens is 3. The summed E-state index contributed by atoms with van der Waals surface area (Å²) in [6.07, 6.45) is 0.0360. The van der Waals surface area contributed by atoms with E-state index in [1.54, 1.807) is 11.3 Å². The molecule has 1 saturated heterocycles. The van der Waals surface area contributed by atoms with E-state index in [0.29, 0.717) is 18.3 Å². The lowest BCUT2D eigenvalue weighted by atomic mass is 10.2. The SMILES string of the molecule is Cc1csc([C@@H]2CN([C@@H](C)c3nc(C)no3)CCO2)n1. The summed E-state index contributed by atoms with van der Waals surface area (Å²) in [6, 6.07) is 0.101. The lowest BCUT2D eigenvalue weighted by molar-refractivity contribution is -0.0470. The molecule has 1 aliphatic heterocycles. The fourth-order valence-electron chi connectivity index (χ4n) is 2.33. The first kappa shape index (κ1) is 13.7. The van der Waals surface area contributed by atoms with Crippen molar-refractivity contribution < 1.29 is 9.26 Å². The maximum Gasteiger partial charge on any atom is 0.243 e. The van der Waals surface area contributed by atoms with E-state index in [1.807, 2.05) is 13.8 Å². The highest BCUT2D eigenvalue weighted by Crippen LogP contribution is 2.29. The van der Waals surface area contributed by atoms with Gasteiger partial charge in [0.15, 0.2) is 5.82 Å². The predicted octanol–water partition coefficient (Wildman–Crippen LogP) is 2.28. The van der Waals surface area contributed by atoms with E-state index < -0.39 is 0 Å². The van der Waals surface area contributed by atoms with Crippen LogP contribution in [0.2, 0.25) is 0 Å². The Bertz CT molecular complexity index is 544. The fraction of sp³-hybridized carbons (Fsp3) is 0.615. The topological polar surface area (TPSA) is 64.3 Å². The van der Waals surface area contributed by atoms with Crippen molar-refractivity contribution in [3.05, 3.63) is 27.8 Å². The van der Waals surface area contributed by atoms with Crippen LogP contribution in [0.5, 0.6) is 0 Å². The van der Waals surface area contributed by atoms with E-state index in [9.17, 15) is 0 Å². The molecular formula is C13H18N4O2S. The lowest BCUT2D eigenvalue weighted by Gasteiger charge is -2.34. The van der Waals surface area contributed by atoms with Crippen molar-refractivity contribution in [1.29, 1.82) is 0 Å². The van der Waals surface area contributed by atoms with Crippen molar-refractivity contribution in [2.24, 2.45) is 0 Å². The van der Waals surface area contributed by atoms with Gasteiger partial charge in [0.2, 0.25) is 5.89 Å². The highest BCUT2D eigenvalue weighted by molar-refractivity contribution is 7.09. The Balaban J connectivity index is 1.71. The smallest absolute Gasteiger partial charge is 0.243 e. The molecule has 0 unspecified atom stereocenters. The maximum atomic E-state index is 5.84. The summed E-state index contributed by atoms with van der Waals surface area (Å²) in [5, 5.41) is 6.96. The molecule has 0 aliphatic carbocycles. The van der Waals surface area contributed by atoms with Gasteiger partial charge in [0.1, 0.15) is 11.1 Å². The van der Waals surface area contributed by atoms with Crippen LogP contribution in [0.1, 0.15) is 41.5 Å². The maximum absolute atomic E-state index is 5.84. The molecule has 108 valence electrons. The van der Waals surface area contributed by atoms with Crippen LogP contribution < -0.4 is 0 Å². The normalized spacial score (nSPS) is 22.1. The number of aryl methyl sites for hydroxylation is 2. The number of hydrogen-bond acceptors (Lipinski definition) is 7. The van der Waals surface area contributed by atoms with Gasteiger partial charge in [0, 0.05) is 24.2 Å². The minimum absolute atomic E-state index is 0.0360. The molecule has 6 nitrogen and oxygen atoms in total. The van der Waals surface area contributed by atoms with E-state index in [0.717, 1.165) is 23.8 Å². The van der Waals surface area contributed by atoms with Crippen molar-refractivity contribution in [2.75, 3.05) is 19.7 Å². The Morgan fingerprint density at radius 2 is 2.25 bits per heavy atom. The average molecular weight is 294 g/mol. The van der Waals surface area contributed by atoms with Gasteiger partial charge in [0.25, 0.3) is 0 Å². The second-order valence-corrected chi connectivity index (χ2v) is 5.93. The predicted molar refractivity (Wildman–Crippen MR) is 74.6 cm³/mol. The van der Waals surface area contributed by atoms with Crippen LogP contribution in [0.3, 0.4) is 0 Å². The summed E-state index contributed by atoms with van der Waals surface area (Å²) < 4.78 is 11.1. The Labute approximate surface area is 121 Å². The largest absolute Gasteiger partial charge is 0.368 e. The van der Waals surface area contributed by atoms with Crippen molar-refractivity contribution in [3.63, 3.8) is 0 Å². The number of hydrogen-bond donors (Lipinski definition) is 0. The lowest BCUT2D eigenvalue weighted by Crippen LogP contribution is -2.40. The standard InChI is InChI=1S/C13H18N4O2S/c1-8-7-20-13(14-8)11-6-17(4-5-18-11)9(2)12-15-10(3)16-19-12/h7,9,11H,4-6H2,1-3H3/t9-,11-/m0/s1. The third-order valence-electron chi connectivity index (χ3n) is 3.46. The number of nitrogens with zero attached hydrogens (tertiary/aromatic N) is 4. The molecule has 0 spiro atoms. The Kier molecular flexibility index (Phi) is 3.82. The highest BCUT2D eigenvalue weighted by Gasteiger charge is 2.29. The van der Waals surface area contributed by atoms with Gasteiger partial charge in [-0.1, -0.05) is 5.16 Å². The first-order valence-corrected chi connectivity index (χ1v) is 7.59. The summed E-state index contributed by atoms with van der Waals surface area (Å²) in [6.45, 7) is 8.28. The zero-order valence-corrected chi connectivity index (χ0v) is 12.7. The third kappa shape index (κ3) is 2.74. The minimum Gasteiger partial charge on any atom is -0.368 e. The van der Waals surface area contributed by atoms with Gasteiger partial charge in [-0.25, -0.2) is 4.98 Å². The van der Waals surface area contributed by atoms with E-state index in [-0.39, 0.29) is 12.1 Å². The second-order valence-electron chi connectivity index (χ2n) is 5.04. The molecule has 0 saturated carbocycles. The van der Waals surface area contributed by atoms with E-state index in [4.69, 9.17) is 9.26 Å². The van der Waals surface area contributed by atoms with Crippen LogP contribution in [-0.4, -0.2) is 39.7 Å². The summed E-state index contributed by atoms with van der Waals surface area (Å²) in [4.78, 5) is 11.1. The van der Waals surface area contributed by atoms with Gasteiger partial charge >= 0.3 is 0 Å². The number of morpholine rings is 1. The van der Waals surface area contributed by atoms with Crippen molar-refractivity contribution >= 4 is 11.3 Å². The molecule has 2 aromatic heterocycles. The van der Waals surface area contributed by atoms with Crippen molar-refractivity contribution in [2.45, 2.75) is 32.9 Å². The number of ether oxygens (including phenoxy) is 1. The first-order valence-electron chi connectivity index (χ1n) is 6.71. The summed E-state index contributed by atoms with van der Waals surface area (Å²) in [7, 11) is 0. The van der Waals surface area contributed by atoms with E-state index >= 15 is 0 Å². The minimum atomic E-state index is 0.0360. The summed E-state index contributed by atoms with van der Waals surface area (Å²) >= 11 is 1.66. The van der Waals surface area contributed by atoms with Crippen LogP contribution in [0.15, 0.2) is 9.90 Å². The molecule has 20 heavy (non-hydrogen) atoms. The van der Waals surface area contributed by atoms with Crippen LogP contribution in [0.4, 0.5) is 0 Å². The molecule has 0 aromatic carbocycles. The molecule has 2 atom stereocenters. The first-order chi connectivity index (χ1) is 9.63. The monoisotopic (exact) mass is 294 g/mol. The molecule has 7 heteroatoms. The molecule has 0 radical (unpaired) electrons. The second kappa shape index (κ2) is 5.59. The van der Waals surface area contributed by atoms with Gasteiger partial charge in [-0.15, -0.1) is 11.3 Å². The van der Waals surface area contributed by atoms with Crippen LogP contribution in [0, 0.1) is 13.8 Å². The van der Waals surface area contributed by atoms with Gasteiger partial charge in [0.05, 0.1) is 12.6 Å². The molecule has 3 heterocycles. The summed E-state index contributed by atoms with van der Waals surface area (Å²) in [5.41, 5.74) is 1.05. The molecule has 1 aliphatic rings. The summed E-state index contributed by atoms with van der Waals surface area (Å²) in [5.74, 6) is 1.34. The quantitative estimate of drug-likeness (QED) is 0.865. The third-order valence-corrected chi connectivity index (χ3v) is 4.51. The van der Waals surface area contributed by atoms with Gasteiger partial charge < -0.3 is 9.26 Å². The zero-order chi connectivity index (χ0) is 14.1. The van der Waals surface area contributed by atoms with Gasteiger partial charge in [-0.3, -0.25) is 4.90 Å². The number of rotatable bonds is 3. The molecule has 1 fully saturated rings. The van der Waals surface area contributed by atoms with E-state index in [2.05, 4.69) is 32.3 Å². The highest BCUT2D eigenvalue weighted by atomic mass is 32.1. The molecule has 0 N–H and O–H groups in total. The molecular weight excluding hydrogens is 276 g/mol. The molecule has 2 aromatic rings. The molecule has 3 rings (SSSR count). The van der Waals surface area contributed by atoms with Crippen LogP contribution in [0.25, 0.3) is 0 Å². The molecule has 0 bridgehead atoms. The Hall–Kier alpha value is -1.31. The van der Waals surface area contributed by atoms with Gasteiger partial charge in [-0.05, 0) is 20.8 Å². The van der Waals surface area contributed by atoms with Crippen LogP contribution >= 0.6 is 11.3 Å². The van der Waals surface area contributed by atoms with Gasteiger partial charge in [-0.2, -0.15) is 4.98 Å². The average Bonchev–Trinajstić information content (AvgIpc) is 3.07. The van der Waals surface area contributed by atoms with Crippen molar-refractivity contribution in [1.82, 2.24) is 20.0 Å². The Morgan fingerprint density at radius 1 is 1.40 bits per heavy atom.